The summed E-state index contributed by atoms with van der Waals surface area (Å²) in [5.74, 6) is 1.16. The van der Waals surface area contributed by atoms with Crippen molar-refractivity contribution < 1.29 is 24.5 Å². The molecule has 3 aromatic rings. The molecule has 1 aromatic heterocycles. The topological polar surface area (TPSA) is 134 Å². The van der Waals surface area contributed by atoms with Crippen molar-refractivity contribution >= 4 is 28.6 Å². The van der Waals surface area contributed by atoms with E-state index in [2.05, 4.69) is 9.97 Å². The molecule has 10 nitrogen and oxygen atoms in total. The number of rotatable bonds is 2. The number of benzene rings is 2. The Morgan fingerprint density at radius 1 is 1.03 bits per heavy atom. The third-order valence-corrected chi connectivity index (χ3v) is 5.47. The maximum atomic E-state index is 12.9. The number of nitrogens with zero attached hydrogens (tertiary/aromatic N) is 4. The van der Waals surface area contributed by atoms with Gasteiger partial charge in [0.25, 0.3) is 5.91 Å². The maximum Gasteiger partial charge on any atom is 0.267 e. The highest BCUT2D eigenvalue weighted by atomic mass is 16.6. The van der Waals surface area contributed by atoms with Gasteiger partial charge in [-0.05, 0) is 18.2 Å². The Morgan fingerprint density at radius 2 is 1.74 bits per heavy atom. The Morgan fingerprint density at radius 3 is 2.52 bits per heavy atom. The third kappa shape index (κ3) is 3.45. The Balaban J connectivity index is 1.27. The van der Waals surface area contributed by atoms with Crippen molar-refractivity contribution in [3.8, 4) is 23.0 Å². The van der Waals surface area contributed by atoms with Gasteiger partial charge < -0.3 is 35.2 Å². The largest absolute Gasteiger partial charge is 0.504 e. The quantitative estimate of drug-likeness (QED) is 0.518. The van der Waals surface area contributed by atoms with Crippen molar-refractivity contribution in [2.24, 2.45) is 0 Å². The van der Waals surface area contributed by atoms with E-state index < -0.39 is 6.10 Å². The Hall–Kier alpha value is -3.95. The van der Waals surface area contributed by atoms with Gasteiger partial charge in [-0.2, -0.15) is 4.98 Å². The van der Waals surface area contributed by atoms with Gasteiger partial charge in [-0.25, -0.2) is 4.98 Å². The van der Waals surface area contributed by atoms with E-state index in [1.807, 2.05) is 23.1 Å². The van der Waals surface area contributed by atoms with Gasteiger partial charge in [-0.15, -0.1) is 0 Å². The Bertz CT molecular complexity index is 1160. The van der Waals surface area contributed by atoms with Crippen molar-refractivity contribution in [2.75, 3.05) is 43.4 Å². The summed E-state index contributed by atoms with van der Waals surface area (Å²) in [4.78, 5) is 25.4. The van der Waals surface area contributed by atoms with E-state index in [0.717, 1.165) is 0 Å². The molecule has 2 aliphatic heterocycles. The van der Waals surface area contributed by atoms with Crippen LogP contribution in [-0.4, -0.2) is 69.9 Å². The molecular formula is C21H21N5O5. The average molecular weight is 423 g/mol. The number of carbonyl (C=O) groups excluding carboxylic acids is 1. The Labute approximate surface area is 177 Å². The summed E-state index contributed by atoms with van der Waals surface area (Å²) in [6.45, 7) is 2.16. The van der Waals surface area contributed by atoms with E-state index in [4.69, 9.17) is 15.2 Å². The number of fused-ring (bicyclic) bond motifs is 2. The van der Waals surface area contributed by atoms with Crippen LogP contribution in [0.4, 0.5) is 11.8 Å². The molecule has 2 aliphatic rings. The van der Waals surface area contributed by atoms with Crippen LogP contribution in [0.25, 0.3) is 10.9 Å². The highest BCUT2D eigenvalue weighted by molar-refractivity contribution is 5.91. The molecule has 0 aliphatic carbocycles. The molecule has 31 heavy (non-hydrogen) atoms. The molecule has 0 spiro atoms. The molecule has 160 valence electrons. The number of phenols is 2. The lowest BCUT2D eigenvalue weighted by molar-refractivity contribution is -0.141. The van der Waals surface area contributed by atoms with Crippen LogP contribution in [0.5, 0.6) is 23.0 Å². The summed E-state index contributed by atoms with van der Waals surface area (Å²) in [6, 6.07) is 9.98. The van der Waals surface area contributed by atoms with Crippen LogP contribution in [0.2, 0.25) is 0 Å². The number of phenolic OH excluding ortho intramolecular Hbond substituents is 2. The number of hydrogen-bond donors (Lipinski definition) is 3. The second-order valence-electron chi connectivity index (χ2n) is 7.44. The fourth-order valence-corrected chi connectivity index (χ4v) is 3.78. The van der Waals surface area contributed by atoms with E-state index in [9.17, 15) is 15.0 Å². The molecule has 1 fully saturated rings. The molecule has 3 heterocycles. The predicted molar refractivity (Wildman–Crippen MR) is 112 cm³/mol. The number of para-hydroxylation sites is 2. The Kier molecular flexibility index (Phi) is 4.54. The van der Waals surface area contributed by atoms with Crippen LogP contribution < -0.4 is 20.1 Å². The molecule has 1 unspecified atom stereocenters. The van der Waals surface area contributed by atoms with Crippen LogP contribution in [-0.2, 0) is 4.79 Å². The first-order valence-corrected chi connectivity index (χ1v) is 9.91. The number of aromatic hydroxyl groups is 2. The van der Waals surface area contributed by atoms with Crippen molar-refractivity contribution in [2.45, 2.75) is 6.10 Å². The van der Waals surface area contributed by atoms with Crippen LogP contribution in [0.3, 0.4) is 0 Å². The SMILES string of the molecule is Nc1nc(N2CCN(C(=O)C3COc4ccccc4O3)CC2)nc2cc(O)c(O)cc12. The molecular weight excluding hydrogens is 402 g/mol. The van der Waals surface area contributed by atoms with Gasteiger partial charge in [0.05, 0.1) is 5.52 Å². The minimum absolute atomic E-state index is 0.117. The van der Waals surface area contributed by atoms with E-state index in [-0.39, 0.29) is 29.8 Å². The van der Waals surface area contributed by atoms with E-state index in [1.165, 1.54) is 12.1 Å². The first-order chi connectivity index (χ1) is 15.0. The summed E-state index contributed by atoms with van der Waals surface area (Å²) in [5, 5.41) is 19.9. The lowest BCUT2D eigenvalue weighted by Crippen LogP contribution is -2.54. The van der Waals surface area contributed by atoms with E-state index in [0.29, 0.717) is 54.5 Å². The molecule has 2 aromatic carbocycles. The summed E-state index contributed by atoms with van der Waals surface area (Å²) < 4.78 is 11.5. The molecule has 1 amide bonds. The van der Waals surface area contributed by atoms with Crippen LogP contribution in [0, 0.1) is 0 Å². The number of aromatic nitrogens is 2. The minimum atomic E-state index is -0.676. The van der Waals surface area contributed by atoms with Gasteiger partial charge >= 0.3 is 0 Å². The molecule has 4 N–H and O–H groups in total. The number of hydrogen-bond acceptors (Lipinski definition) is 9. The number of carbonyl (C=O) groups is 1. The third-order valence-electron chi connectivity index (χ3n) is 5.47. The summed E-state index contributed by atoms with van der Waals surface area (Å²) in [7, 11) is 0. The van der Waals surface area contributed by atoms with Crippen molar-refractivity contribution in [1.82, 2.24) is 14.9 Å². The van der Waals surface area contributed by atoms with Crippen LogP contribution in [0.1, 0.15) is 0 Å². The van der Waals surface area contributed by atoms with Gasteiger partial charge in [0.1, 0.15) is 12.4 Å². The zero-order valence-corrected chi connectivity index (χ0v) is 16.6. The van der Waals surface area contributed by atoms with Gasteiger partial charge in [0.15, 0.2) is 23.0 Å². The van der Waals surface area contributed by atoms with Crippen LogP contribution in [0.15, 0.2) is 36.4 Å². The van der Waals surface area contributed by atoms with E-state index >= 15 is 0 Å². The number of ether oxygens (including phenoxy) is 2. The number of piperazine rings is 1. The first kappa shape index (κ1) is 19.0. The van der Waals surface area contributed by atoms with Gasteiger partial charge in [-0.3, -0.25) is 4.79 Å². The molecule has 0 saturated carbocycles. The molecule has 1 atom stereocenters. The van der Waals surface area contributed by atoms with Gasteiger partial charge in [0, 0.05) is 37.6 Å². The predicted octanol–water partition coefficient (Wildman–Crippen LogP) is 1.11. The highest BCUT2D eigenvalue weighted by Gasteiger charge is 2.33. The van der Waals surface area contributed by atoms with Gasteiger partial charge in [0.2, 0.25) is 12.1 Å². The van der Waals surface area contributed by atoms with Crippen molar-refractivity contribution in [1.29, 1.82) is 0 Å². The smallest absolute Gasteiger partial charge is 0.267 e. The second kappa shape index (κ2) is 7.38. The van der Waals surface area contributed by atoms with Crippen LogP contribution >= 0.6 is 0 Å². The fraction of sp³-hybridized carbons (Fsp3) is 0.286. The maximum absolute atomic E-state index is 12.9. The van der Waals surface area contributed by atoms with Crippen molar-refractivity contribution in [3.63, 3.8) is 0 Å². The molecule has 0 radical (unpaired) electrons. The molecule has 1 saturated heterocycles. The lowest BCUT2D eigenvalue weighted by atomic mass is 10.2. The number of anilines is 2. The lowest BCUT2D eigenvalue weighted by Gasteiger charge is -2.37. The molecule has 0 bridgehead atoms. The molecule has 10 heteroatoms. The van der Waals surface area contributed by atoms with Crippen molar-refractivity contribution in [3.05, 3.63) is 36.4 Å². The first-order valence-electron chi connectivity index (χ1n) is 9.91. The average Bonchev–Trinajstić information content (AvgIpc) is 2.79. The van der Waals surface area contributed by atoms with Gasteiger partial charge in [-0.1, -0.05) is 12.1 Å². The zero-order chi connectivity index (χ0) is 21.5. The zero-order valence-electron chi connectivity index (χ0n) is 16.6. The fourth-order valence-electron chi connectivity index (χ4n) is 3.78. The number of amides is 1. The highest BCUT2D eigenvalue weighted by Crippen LogP contribution is 2.33. The monoisotopic (exact) mass is 423 g/mol. The second-order valence-corrected chi connectivity index (χ2v) is 7.44. The number of nitrogen functional groups attached to an aromatic ring is 1. The summed E-state index contributed by atoms with van der Waals surface area (Å²) in [6.07, 6.45) is -0.676. The summed E-state index contributed by atoms with van der Waals surface area (Å²) in [5.41, 5.74) is 6.46. The molecule has 5 rings (SSSR count). The standard InChI is InChI=1S/C21H21N5O5/c22-19-12-9-14(27)15(28)10-13(12)23-21(24-19)26-7-5-25(6-8-26)20(29)18-11-30-16-3-1-2-4-17(16)31-18/h1-4,9-10,18,27-28H,5-8,11H2,(H2,22,23,24). The van der Waals surface area contributed by atoms with E-state index in [1.54, 1.807) is 11.0 Å². The normalized spacial score (nSPS) is 18.3. The minimum Gasteiger partial charge on any atom is -0.504 e. The number of nitrogens with two attached hydrogens (primary N) is 1. The summed E-state index contributed by atoms with van der Waals surface area (Å²) >= 11 is 0.